The van der Waals surface area contributed by atoms with E-state index in [1.54, 1.807) is 18.2 Å². The summed E-state index contributed by atoms with van der Waals surface area (Å²) in [7, 11) is 2.59. The van der Waals surface area contributed by atoms with Crippen LogP contribution in [0, 0.1) is 0 Å². The molecule has 9 heteroatoms. The number of hydrogen-bond acceptors (Lipinski definition) is 9. The van der Waals surface area contributed by atoms with E-state index in [0.29, 0.717) is 11.4 Å². The second kappa shape index (κ2) is 6.65. The molecule has 3 rings (SSSR count). The van der Waals surface area contributed by atoms with Gasteiger partial charge in [-0.2, -0.15) is 0 Å². The normalized spacial score (nSPS) is 22.1. The largest absolute Gasteiger partial charge is 0.473 e. The fourth-order valence-electron chi connectivity index (χ4n) is 2.21. The number of rotatable bonds is 4. The van der Waals surface area contributed by atoms with Gasteiger partial charge in [-0.15, -0.1) is 0 Å². The van der Waals surface area contributed by atoms with Crippen LogP contribution in [0.25, 0.3) is 0 Å². The summed E-state index contributed by atoms with van der Waals surface area (Å²) >= 11 is 0. The Labute approximate surface area is 137 Å². The van der Waals surface area contributed by atoms with Crippen molar-refractivity contribution in [3.05, 3.63) is 29.6 Å². The number of ether oxygens (including phenoxy) is 4. The van der Waals surface area contributed by atoms with E-state index in [1.165, 1.54) is 14.2 Å². The molecule has 0 amide bonds. The molecule has 1 aromatic heterocycles. The van der Waals surface area contributed by atoms with E-state index in [0.717, 1.165) is 0 Å². The molecule has 0 N–H and O–H groups in total. The van der Waals surface area contributed by atoms with Gasteiger partial charge in [0.1, 0.15) is 24.6 Å². The number of methoxy groups -OCH3 is 2. The van der Waals surface area contributed by atoms with Crippen LogP contribution >= 0.6 is 0 Å². The quantitative estimate of drug-likeness (QED) is 0.697. The van der Waals surface area contributed by atoms with Gasteiger partial charge in [0.15, 0.2) is 12.1 Å². The van der Waals surface area contributed by atoms with E-state index in [2.05, 4.69) is 24.4 Å². The van der Waals surface area contributed by atoms with Crippen LogP contribution in [0.1, 0.15) is 11.4 Å². The van der Waals surface area contributed by atoms with Crippen molar-refractivity contribution in [1.82, 2.24) is 4.98 Å². The monoisotopic (exact) mass is 333 g/mol. The van der Waals surface area contributed by atoms with Gasteiger partial charge in [-0.1, -0.05) is 6.07 Å². The molecule has 2 aliphatic rings. The first-order chi connectivity index (χ1) is 11.6. The highest BCUT2D eigenvalue weighted by Crippen LogP contribution is 2.15. The SMILES string of the molecule is COC(=O)[C@@H]1COC(c2cccc(C3=N[C@H](C(=O)OC)CO3)n2)=N1. The summed E-state index contributed by atoms with van der Waals surface area (Å²) in [5, 5.41) is 0. The van der Waals surface area contributed by atoms with Crippen LogP contribution in [0.15, 0.2) is 28.2 Å². The summed E-state index contributed by atoms with van der Waals surface area (Å²) in [5.41, 5.74) is 0.874. The maximum Gasteiger partial charge on any atom is 0.334 e. The maximum absolute atomic E-state index is 11.5. The van der Waals surface area contributed by atoms with Gasteiger partial charge in [-0.05, 0) is 12.1 Å². The Morgan fingerprint density at radius 2 is 1.42 bits per heavy atom. The van der Waals surface area contributed by atoms with Crippen LogP contribution in [0.4, 0.5) is 0 Å². The Kier molecular flexibility index (Phi) is 4.41. The summed E-state index contributed by atoms with van der Waals surface area (Å²) in [5.74, 6) is -0.443. The topological polar surface area (TPSA) is 109 Å². The molecule has 24 heavy (non-hydrogen) atoms. The molecule has 9 nitrogen and oxygen atoms in total. The number of hydrogen-bond donors (Lipinski definition) is 0. The molecule has 2 atom stereocenters. The molecule has 126 valence electrons. The van der Waals surface area contributed by atoms with E-state index in [9.17, 15) is 9.59 Å². The predicted molar refractivity (Wildman–Crippen MR) is 80.8 cm³/mol. The van der Waals surface area contributed by atoms with Crippen molar-refractivity contribution in [2.75, 3.05) is 27.4 Å². The van der Waals surface area contributed by atoms with Gasteiger partial charge < -0.3 is 18.9 Å². The molecule has 0 aliphatic carbocycles. The zero-order valence-corrected chi connectivity index (χ0v) is 13.1. The Bertz CT molecular complexity index is 672. The van der Waals surface area contributed by atoms with Crippen molar-refractivity contribution in [3.8, 4) is 0 Å². The molecule has 1 aromatic rings. The molecule has 0 spiro atoms. The van der Waals surface area contributed by atoms with E-state index in [4.69, 9.17) is 9.47 Å². The van der Waals surface area contributed by atoms with Gasteiger partial charge in [0.25, 0.3) is 0 Å². The fraction of sp³-hybridized carbons (Fsp3) is 0.400. The van der Waals surface area contributed by atoms with Crippen LogP contribution in [-0.4, -0.2) is 68.2 Å². The van der Waals surface area contributed by atoms with Gasteiger partial charge >= 0.3 is 11.9 Å². The fourth-order valence-corrected chi connectivity index (χ4v) is 2.21. The van der Waals surface area contributed by atoms with Crippen LogP contribution in [0.5, 0.6) is 0 Å². The third kappa shape index (κ3) is 3.05. The molecule has 0 fully saturated rings. The van der Waals surface area contributed by atoms with Gasteiger partial charge in [-0.3, -0.25) is 0 Å². The van der Waals surface area contributed by atoms with Gasteiger partial charge in [0.05, 0.1) is 14.2 Å². The first-order valence-corrected chi connectivity index (χ1v) is 7.17. The van der Waals surface area contributed by atoms with Crippen LogP contribution < -0.4 is 0 Å². The molecule has 0 saturated carbocycles. The third-order valence-electron chi connectivity index (χ3n) is 3.44. The summed E-state index contributed by atoms with van der Waals surface area (Å²) < 4.78 is 20.1. The number of aromatic nitrogens is 1. The van der Waals surface area contributed by atoms with Crippen molar-refractivity contribution >= 4 is 23.7 Å². The van der Waals surface area contributed by atoms with Crippen LogP contribution in [0.2, 0.25) is 0 Å². The standard InChI is InChI=1S/C15H15N3O6/c1-21-14(19)10-6-23-12(17-10)8-4-3-5-9(16-8)13-18-11(7-24-13)15(20)22-2/h3-5,10-11H,6-7H2,1-2H3/t10-,11-/m0/s1. The van der Waals surface area contributed by atoms with E-state index in [-0.39, 0.29) is 25.0 Å². The Morgan fingerprint density at radius 1 is 0.958 bits per heavy atom. The molecule has 0 bridgehead atoms. The zero-order valence-electron chi connectivity index (χ0n) is 13.1. The molecule has 0 radical (unpaired) electrons. The lowest BCUT2D eigenvalue weighted by molar-refractivity contribution is -0.143. The van der Waals surface area contributed by atoms with E-state index in [1.807, 2.05) is 0 Å². The lowest BCUT2D eigenvalue weighted by Crippen LogP contribution is -2.21. The van der Waals surface area contributed by atoms with Crippen molar-refractivity contribution in [1.29, 1.82) is 0 Å². The Morgan fingerprint density at radius 3 is 1.83 bits per heavy atom. The van der Waals surface area contributed by atoms with Crippen molar-refractivity contribution < 1.29 is 28.5 Å². The minimum Gasteiger partial charge on any atom is -0.473 e. The van der Waals surface area contributed by atoms with Gasteiger partial charge in [0, 0.05) is 0 Å². The Balaban J connectivity index is 1.81. The van der Waals surface area contributed by atoms with Crippen LogP contribution in [0.3, 0.4) is 0 Å². The third-order valence-corrected chi connectivity index (χ3v) is 3.44. The zero-order chi connectivity index (χ0) is 17.1. The second-order valence-electron chi connectivity index (χ2n) is 4.98. The van der Waals surface area contributed by atoms with Crippen LogP contribution in [-0.2, 0) is 28.5 Å². The highest BCUT2D eigenvalue weighted by atomic mass is 16.5. The first kappa shape index (κ1) is 15.9. The molecular formula is C15H15N3O6. The van der Waals surface area contributed by atoms with E-state index < -0.39 is 24.0 Å². The van der Waals surface area contributed by atoms with Crippen molar-refractivity contribution in [3.63, 3.8) is 0 Å². The number of carbonyl (C=O) groups is 2. The number of esters is 2. The molecule has 0 aromatic carbocycles. The minimum absolute atomic E-state index is 0.107. The lowest BCUT2D eigenvalue weighted by atomic mass is 10.3. The average molecular weight is 333 g/mol. The number of carbonyl (C=O) groups excluding carboxylic acids is 2. The summed E-state index contributed by atoms with van der Waals surface area (Å²) in [6.45, 7) is 0.214. The molecular weight excluding hydrogens is 318 g/mol. The molecule has 0 unspecified atom stereocenters. The lowest BCUT2D eigenvalue weighted by Gasteiger charge is -2.04. The van der Waals surface area contributed by atoms with Gasteiger partial charge in [-0.25, -0.2) is 24.6 Å². The summed E-state index contributed by atoms with van der Waals surface area (Å²) in [6.07, 6.45) is 0. The summed E-state index contributed by atoms with van der Waals surface area (Å²) in [4.78, 5) is 35.6. The highest BCUT2D eigenvalue weighted by Gasteiger charge is 2.30. The summed E-state index contributed by atoms with van der Waals surface area (Å²) in [6, 6.07) is 3.72. The molecule has 2 aliphatic heterocycles. The van der Waals surface area contributed by atoms with E-state index >= 15 is 0 Å². The smallest absolute Gasteiger partial charge is 0.334 e. The van der Waals surface area contributed by atoms with Gasteiger partial charge in [0.2, 0.25) is 11.8 Å². The number of aliphatic imine (C=N–C) groups is 2. The minimum atomic E-state index is -0.695. The molecule has 3 heterocycles. The maximum atomic E-state index is 11.5. The Hall–Kier alpha value is -2.97. The number of nitrogens with zero attached hydrogens (tertiary/aromatic N) is 3. The number of pyridine rings is 1. The van der Waals surface area contributed by atoms with Crippen molar-refractivity contribution in [2.24, 2.45) is 9.98 Å². The first-order valence-electron chi connectivity index (χ1n) is 7.17. The molecule has 0 saturated heterocycles. The van der Waals surface area contributed by atoms with Crippen molar-refractivity contribution in [2.45, 2.75) is 12.1 Å². The average Bonchev–Trinajstić information content (AvgIpc) is 3.30. The predicted octanol–water partition coefficient (Wildman–Crippen LogP) is -0.282. The highest BCUT2D eigenvalue weighted by molar-refractivity contribution is 5.99. The second-order valence-corrected chi connectivity index (χ2v) is 4.98.